The molecule has 1 heterocycles. The van der Waals surface area contributed by atoms with Gasteiger partial charge in [0.2, 0.25) is 0 Å². The number of nitrogens with zero attached hydrogens (tertiary/aromatic N) is 2. The Morgan fingerprint density at radius 1 is 0.846 bits per heavy atom. The van der Waals surface area contributed by atoms with Crippen LogP contribution >= 0.6 is 0 Å². The topological polar surface area (TPSA) is 25.8 Å². The minimum Gasteiger partial charge on any atom is -0.245 e. The van der Waals surface area contributed by atoms with Crippen molar-refractivity contribution in [1.29, 1.82) is 0 Å². The van der Waals surface area contributed by atoms with E-state index in [1.807, 2.05) is 36.8 Å². The van der Waals surface area contributed by atoms with Crippen LogP contribution in [0.5, 0.6) is 0 Å². The summed E-state index contributed by atoms with van der Waals surface area (Å²) in [6.45, 7) is 0. The van der Waals surface area contributed by atoms with Gasteiger partial charge in [0, 0.05) is 18.8 Å². The van der Waals surface area contributed by atoms with Gasteiger partial charge in [-0.15, -0.1) is 0 Å². The summed E-state index contributed by atoms with van der Waals surface area (Å²) in [6, 6.07) is 10.1. The van der Waals surface area contributed by atoms with Crippen LogP contribution < -0.4 is 0 Å². The Balaban J connectivity index is 2.16. The van der Waals surface area contributed by atoms with Crippen molar-refractivity contribution < 1.29 is 0 Å². The zero-order valence-electron chi connectivity index (χ0n) is 7.09. The van der Waals surface area contributed by atoms with Gasteiger partial charge in [-0.3, -0.25) is 0 Å². The molecule has 0 aliphatic carbocycles. The maximum Gasteiger partial charge on any atom is 0.115 e. The number of rotatable bonds is 2. The van der Waals surface area contributed by atoms with E-state index in [2.05, 4.69) is 9.97 Å². The highest BCUT2D eigenvalue weighted by Crippen LogP contribution is 2.08. The summed E-state index contributed by atoms with van der Waals surface area (Å²) in [4.78, 5) is 7.88. The van der Waals surface area contributed by atoms with Gasteiger partial charge >= 0.3 is 0 Å². The molecule has 0 N–H and O–H groups in total. The Morgan fingerprint density at radius 2 is 1.54 bits per heavy atom. The van der Waals surface area contributed by atoms with E-state index in [0.29, 0.717) is 0 Å². The van der Waals surface area contributed by atoms with Gasteiger partial charge in [0.1, 0.15) is 6.33 Å². The highest BCUT2D eigenvalue weighted by atomic mass is 14.8. The van der Waals surface area contributed by atoms with Crippen molar-refractivity contribution >= 4 is 0 Å². The first kappa shape index (κ1) is 7.92. The van der Waals surface area contributed by atoms with E-state index in [4.69, 9.17) is 0 Å². The predicted octanol–water partition coefficient (Wildman–Crippen LogP) is 2.08. The van der Waals surface area contributed by atoms with Crippen LogP contribution in [0, 0.1) is 6.42 Å². The third-order valence-electron chi connectivity index (χ3n) is 1.71. The third kappa shape index (κ3) is 2.12. The largest absolute Gasteiger partial charge is 0.245 e. The Morgan fingerprint density at radius 3 is 2.23 bits per heavy atom. The molecule has 13 heavy (non-hydrogen) atoms. The Bertz CT molecular complexity index is 319. The first-order valence-electron chi connectivity index (χ1n) is 4.10. The van der Waals surface area contributed by atoms with E-state index in [-0.39, 0.29) is 0 Å². The van der Waals surface area contributed by atoms with Crippen LogP contribution in [0.3, 0.4) is 0 Å². The maximum atomic E-state index is 3.94. The Labute approximate surface area is 77.3 Å². The van der Waals surface area contributed by atoms with Gasteiger partial charge in [0.25, 0.3) is 0 Å². The Kier molecular flexibility index (Phi) is 2.32. The molecule has 0 amide bonds. The van der Waals surface area contributed by atoms with Crippen LogP contribution in [0.15, 0.2) is 49.1 Å². The molecule has 0 bridgehead atoms. The van der Waals surface area contributed by atoms with Gasteiger partial charge < -0.3 is 0 Å². The summed E-state index contributed by atoms with van der Waals surface area (Å²) >= 11 is 0. The molecule has 0 saturated heterocycles. The molecule has 0 aliphatic rings. The summed E-state index contributed by atoms with van der Waals surface area (Å²) in [6.07, 6.45) is 7.16. The molecule has 0 unspecified atom stereocenters. The lowest BCUT2D eigenvalue weighted by molar-refractivity contribution is 1.14. The van der Waals surface area contributed by atoms with E-state index in [9.17, 15) is 0 Å². The first-order valence-corrected chi connectivity index (χ1v) is 4.10. The lowest BCUT2D eigenvalue weighted by Crippen LogP contribution is -1.86. The molecule has 0 aliphatic heterocycles. The number of benzene rings is 1. The van der Waals surface area contributed by atoms with Crippen molar-refractivity contribution in [2.24, 2.45) is 0 Å². The molecule has 2 aromatic rings. The van der Waals surface area contributed by atoms with Crippen molar-refractivity contribution in [3.8, 4) is 0 Å². The molecule has 0 atom stereocenters. The van der Waals surface area contributed by atoms with Crippen LogP contribution in [0.4, 0.5) is 0 Å². The van der Waals surface area contributed by atoms with Gasteiger partial charge in [-0.1, -0.05) is 30.3 Å². The van der Waals surface area contributed by atoms with Crippen LogP contribution in [0.1, 0.15) is 11.1 Å². The van der Waals surface area contributed by atoms with Crippen molar-refractivity contribution in [3.05, 3.63) is 66.6 Å². The standard InChI is InChI=1S/C11H9N2/c1-2-4-10(5-3-1)6-11-7-12-9-13-8-11/h1-9H. The number of hydrogen-bond acceptors (Lipinski definition) is 2. The molecule has 2 rings (SSSR count). The van der Waals surface area contributed by atoms with Crippen LogP contribution in [0.2, 0.25) is 0 Å². The fraction of sp³-hybridized carbons (Fsp3) is 0. The fourth-order valence-corrected chi connectivity index (χ4v) is 1.13. The Hall–Kier alpha value is -1.70. The van der Waals surface area contributed by atoms with Gasteiger partial charge in [0.15, 0.2) is 0 Å². The molecule has 2 heteroatoms. The van der Waals surface area contributed by atoms with E-state index >= 15 is 0 Å². The van der Waals surface area contributed by atoms with E-state index < -0.39 is 0 Å². The molecule has 0 spiro atoms. The molecule has 0 saturated carbocycles. The van der Waals surface area contributed by atoms with Gasteiger partial charge in [-0.2, -0.15) is 0 Å². The first-order chi connectivity index (χ1) is 6.45. The minimum atomic E-state index is 1.02. The van der Waals surface area contributed by atoms with Crippen LogP contribution in [-0.2, 0) is 0 Å². The number of aromatic nitrogens is 2. The molecule has 63 valence electrons. The molecule has 0 fully saturated rings. The van der Waals surface area contributed by atoms with Crippen molar-refractivity contribution in [2.45, 2.75) is 0 Å². The molecule has 1 aromatic carbocycles. The smallest absolute Gasteiger partial charge is 0.115 e. The van der Waals surface area contributed by atoms with E-state index in [1.54, 1.807) is 12.4 Å². The lowest BCUT2D eigenvalue weighted by Gasteiger charge is -1.98. The minimum absolute atomic E-state index is 1.02. The van der Waals surface area contributed by atoms with Crippen molar-refractivity contribution in [3.63, 3.8) is 0 Å². The van der Waals surface area contributed by atoms with E-state index in [1.165, 1.54) is 6.33 Å². The quantitative estimate of drug-likeness (QED) is 0.687. The summed E-state index contributed by atoms with van der Waals surface area (Å²) in [5, 5.41) is 0. The summed E-state index contributed by atoms with van der Waals surface area (Å²) in [7, 11) is 0. The second-order valence-corrected chi connectivity index (χ2v) is 2.73. The van der Waals surface area contributed by atoms with Crippen LogP contribution in [0.25, 0.3) is 0 Å². The predicted molar refractivity (Wildman–Crippen MR) is 51.0 cm³/mol. The summed E-state index contributed by atoms with van der Waals surface area (Å²) < 4.78 is 0. The SMILES string of the molecule is [CH](c1ccccc1)c1cncnc1. The molecule has 1 radical (unpaired) electrons. The molecular weight excluding hydrogens is 160 g/mol. The summed E-state index contributed by atoms with van der Waals surface area (Å²) in [5.74, 6) is 0. The third-order valence-corrected chi connectivity index (χ3v) is 1.71. The highest BCUT2D eigenvalue weighted by molar-refractivity contribution is 5.33. The van der Waals surface area contributed by atoms with Gasteiger partial charge in [0.05, 0.1) is 0 Å². The average Bonchev–Trinajstić information content (AvgIpc) is 2.21. The number of hydrogen-bond donors (Lipinski definition) is 0. The highest BCUT2D eigenvalue weighted by Gasteiger charge is 1.94. The van der Waals surface area contributed by atoms with Crippen molar-refractivity contribution in [1.82, 2.24) is 9.97 Å². The average molecular weight is 169 g/mol. The second-order valence-electron chi connectivity index (χ2n) is 2.73. The van der Waals surface area contributed by atoms with E-state index in [0.717, 1.165) is 11.1 Å². The normalized spacial score (nSPS) is 9.85. The molecule has 1 aromatic heterocycles. The zero-order chi connectivity index (χ0) is 8.93. The molecular formula is C11H9N2. The summed E-state index contributed by atoms with van der Waals surface area (Å²) in [5.41, 5.74) is 2.19. The van der Waals surface area contributed by atoms with Crippen LogP contribution in [-0.4, -0.2) is 9.97 Å². The zero-order valence-corrected chi connectivity index (χ0v) is 7.09. The monoisotopic (exact) mass is 169 g/mol. The maximum absolute atomic E-state index is 3.94. The van der Waals surface area contributed by atoms with Crippen molar-refractivity contribution in [2.75, 3.05) is 0 Å². The van der Waals surface area contributed by atoms with Gasteiger partial charge in [-0.25, -0.2) is 9.97 Å². The second kappa shape index (κ2) is 3.81. The fourth-order valence-electron chi connectivity index (χ4n) is 1.13. The van der Waals surface area contributed by atoms with Gasteiger partial charge in [-0.05, 0) is 11.1 Å². The molecule has 2 nitrogen and oxygen atoms in total. The lowest BCUT2D eigenvalue weighted by atomic mass is 10.1.